The first kappa shape index (κ1) is 19.9. The maximum atomic E-state index is 13.0. The van der Waals surface area contributed by atoms with E-state index in [-0.39, 0.29) is 23.3 Å². The Morgan fingerprint density at radius 3 is 2.61 bits per heavy atom. The summed E-state index contributed by atoms with van der Waals surface area (Å²) >= 11 is 3.33. The number of anilines is 1. The number of rotatable bonds is 4. The maximum absolute atomic E-state index is 13.0. The zero-order valence-corrected chi connectivity index (χ0v) is 16.0. The summed E-state index contributed by atoms with van der Waals surface area (Å²) in [5.41, 5.74) is -1.04. The van der Waals surface area contributed by atoms with E-state index in [2.05, 4.69) is 21.2 Å². The number of benzene rings is 2. The summed E-state index contributed by atoms with van der Waals surface area (Å²) in [6.07, 6.45) is -4.70. The lowest BCUT2D eigenvalue weighted by Crippen LogP contribution is -2.20. The summed E-state index contributed by atoms with van der Waals surface area (Å²) in [7, 11) is 0. The van der Waals surface area contributed by atoms with Crippen molar-refractivity contribution in [1.29, 1.82) is 0 Å². The lowest BCUT2D eigenvalue weighted by Gasteiger charge is -2.11. The highest BCUT2D eigenvalue weighted by Crippen LogP contribution is 2.34. The third-order valence-corrected chi connectivity index (χ3v) is 4.35. The molecule has 0 atom stereocenters. The Morgan fingerprint density at radius 1 is 1.18 bits per heavy atom. The Bertz CT molecular complexity index is 1110. The van der Waals surface area contributed by atoms with Crippen molar-refractivity contribution in [2.75, 3.05) is 11.9 Å². The molecule has 3 aromatic rings. The van der Waals surface area contributed by atoms with Gasteiger partial charge in [-0.25, -0.2) is 4.79 Å². The average Bonchev–Trinajstić information content (AvgIpc) is 2.60. The number of fused-ring (bicyclic) bond motifs is 1. The minimum Gasteiger partial charge on any atom is -0.484 e. The van der Waals surface area contributed by atoms with Gasteiger partial charge in [-0.1, -0.05) is 15.9 Å². The van der Waals surface area contributed by atoms with Crippen LogP contribution in [-0.2, 0) is 11.0 Å². The van der Waals surface area contributed by atoms with Crippen molar-refractivity contribution < 1.29 is 27.1 Å². The van der Waals surface area contributed by atoms with Crippen molar-refractivity contribution in [2.24, 2.45) is 0 Å². The number of carbonyl (C=O) groups excluding carboxylic acids is 1. The molecule has 0 saturated carbocycles. The average molecular weight is 456 g/mol. The van der Waals surface area contributed by atoms with Gasteiger partial charge in [-0.2, -0.15) is 13.2 Å². The molecule has 0 bridgehead atoms. The van der Waals surface area contributed by atoms with E-state index in [0.29, 0.717) is 11.8 Å². The molecule has 0 radical (unpaired) electrons. The van der Waals surface area contributed by atoms with Gasteiger partial charge in [0.25, 0.3) is 5.91 Å². The number of hydrogen-bond donors (Lipinski definition) is 1. The fourth-order valence-corrected chi connectivity index (χ4v) is 3.05. The summed E-state index contributed by atoms with van der Waals surface area (Å²) in [6, 6.07) is 9.28. The van der Waals surface area contributed by atoms with Crippen LogP contribution in [0.2, 0.25) is 0 Å². The molecule has 1 aromatic heterocycles. The Balaban J connectivity index is 1.76. The number of halogens is 4. The van der Waals surface area contributed by atoms with E-state index < -0.39 is 23.3 Å². The van der Waals surface area contributed by atoms with Crippen LogP contribution in [0.1, 0.15) is 11.1 Å². The normalized spacial score (nSPS) is 11.5. The van der Waals surface area contributed by atoms with Crippen LogP contribution in [-0.4, -0.2) is 12.5 Å². The lowest BCUT2D eigenvalue weighted by atomic mass is 10.1. The Kier molecular flexibility index (Phi) is 5.46. The van der Waals surface area contributed by atoms with Gasteiger partial charge in [0.15, 0.2) is 6.61 Å². The Morgan fingerprint density at radius 2 is 1.93 bits per heavy atom. The molecule has 5 nitrogen and oxygen atoms in total. The highest BCUT2D eigenvalue weighted by atomic mass is 79.9. The number of nitrogens with one attached hydrogen (secondary N) is 1. The molecule has 0 aliphatic carbocycles. The second-order valence-corrected chi connectivity index (χ2v) is 6.85. The van der Waals surface area contributed by atoms with Crippen molar-refractivity contribution in [3.05, 3.63) is 68.5 Å². The van der Waals surface area contributed by atoms with Crippen LogP contribution in [0.15, 0.2) is 56.1 Å². The molecule has 146 valence electrons. The third-order valence-electron chi connectivity index (χ3n) is 3.85. The van der Waals surface area contributed by atoms with E-state index in [4.69, 9.17) is 9.15 Å². The van der Waals surface area contributed by atoms with Gasteiger partial charge in [-0.05, 0) is 42.8 Å². The molecule has 28 heavy (non-hydrogen) atoms. The topological polar surface area (TPSA) is 68.5 Å². The maximum Gasteiger partial charge on any atom is 0.417 e. The van der Waals surface area contributed by atoms with Crippen molar-refractivity contribution in [1.82, 2.24) is 0 Å². The monoisotopic (exact) mass is 455 g/mol. The molecular weight excluding hydrogens is 443 g/mol. The number of alkyl halides is 3. The van der Waals surface area contributed by atoms with Crippen molar-refractivity contribution in [3.8, 4) is 5.75 Å². The van der Waals surface area contributed by atoms with Crippen LogP contribution in [0.25, 0.3) is 11.0 Å². The van der Waals surface area contributed by atoms with Crippen molar-refractivity contribution in [2.45, 2.75) is 13.1 Å². The molecule has 1 N–H and O–H groups in total. The summed E-state index contributed by atoms with van der Waals surface area (Å²) in [5, 5.41) is 2.41. The fourth-order valence-electron chi connectivity index (χ4n) is 2.57. The number of amides is 1. The first-order chi connectivity index (χ1) is 13.1. The lowest BCUT2D eigenvalue weighted by molar-refractivity contribution is -0.136. The highest BCUT2D eigenvalue weighted by Gasteiger charge is 2.33. The number of carbonyl (C=O) groups is 1. The molecule has 9 heteroatoms. The van der Waals surface area contributed by atoms with Gasteiger partial charge in [-0.3, -0.25) is 4.79 Å². The molecular formula is C19H13BrF3NO4. The second-order valence-electron chi connectivity index (χ2n) is 5.93. The van der Waals surface area contributed by atoms with E-state index >= 15 is 0 Å². The number of ether oxygens (including phenoxy) is 1. The summed E-state index contributed by atoms with van der Waals surface area (Å²) in [5.74, 6) is -0.353. The molecule has 0 aliphatic heterocycles. The van der Waals surface area contributed by atoms with Gasteiger partial charge in [0, 0.05) is 27.7 Å². The van der Waals surface area contributed by atoms with Gasteiger partial charge < -0.3 is 14.5 Å². The van der Waals surface area contributed by atoms with Crippen LogP contribution >= 0.6 is 15.9 Å². The standard InChI is InChI=1S/C19H13BrF3NO4/c1-10-6-11(20)2-5-15(10)24-17(25)9-27-12-3-4-13-14(19(21,22)23)8-18(26)28-16(13)7-12/h2-8H,9H2,1H3,(H,24,25). The second kappa shape index (κ2) is 7.67. The summed E-state index contributed by atoms with van der Waals surface area (Å²) in [4.78, 5) is 23.5. The molecule has 0 spiro atoms. The predicted octanol–water partition coefficient (Wildman–Crippen LogP) is 4.90. The molecule has 0 fully saturated rings. The van der Waals surface area contributed by atoms with Crippen LogP contribution in [0.4, 0.5) is 18.9 Å². The molecule has 0 saturated heterocycles. The third kappa shape index (κ3) is 4.53. The fraction of sp³-hybridized carbons (Fsp3) is 0.158. The molecule has 1 amide bonds. The van der Waals surface area contributed by atoms with Crippen LogP contribution in [0.5, 0.6) is 5.75 Å². The Labute approximate surface area is 165 Å². The van der Waals surface area contributed by atoms with Crippen LogP contribution < -0.4 is 15.7 Å². The zero-order chi connectivity index (χ0) is 20.5. The first-order valence-electron chi connectivity index (χ1n) is 7.97. The SMILES string of the molecule is Cc1cc(Br)ccc1NC(=O)COc1ccc2c(C(F)(F)F)cc(=O)oc2c1. The first-order valence-corrected chi connectivity index (χ1v) is 8.77. The summed E-state index contributed by atoms with van der Waals surface area (Å²) < 4.78 is 50.2. The molecule has 0 unspecified atom stereocenters. The predicted molar refractivity (Wildman–Crippen MR) is 100 cm³/mol. The van der Waals surface area contributed by atoms with Crippen LogP contribution in [0.3, 0.4) is 0 Å². The smallest absolute Gasteiger partial charge is 0.417 e. The van der Waals surface area contributed by atoms with E-state index in [1.807, 2.05) is 13.0 Å². The van der Waals surface area contributed by atoms with E-state index in [0.717, 1.165) is 22.2 Å². The molecule has 2 aromatic carbocycles. The minimum atomic E-state index is -4.70. The largest absolute Gasteiger partial charge is 0.484 e. The van der Waals surface area contributed by atoms with E-state index in [1.165, 1.54) is 6.07 Å². The van der Waals surface area contributed by atoms with Gasteiger partial charge in [0.05, 0.1) is 5.56 Å². The minimum absolute atomic E-state index is 0.0950. The number of aryl methyl sites for hydroxylation is 1. The van der Waals surface area contributed by atoms with E-state index in [9.17, 15) is 22.8 Å². The molecule has 1 heterocycles. The quantitative estimate of drug-likeness (QED) is 0.568. The highest BCUT2D eigenvalue weighted by molar-refractivity contribution is 9.10. The van der Waals surface area contributed by atoms with Gasteiger partial charge >= 0.3 is 11.8 Å². The van der Waals surface area contributed by atoms with Gasteiger partial charge in [0.1, 0.15) is 11.3 Å². The van der Waals surface area contributed by atoms with Gasteiger partial charge in [-0.15, -0.1) is 0 Å². The number of hydrogen-bond acceptors (Lipinski definition) is 4. The van der Waals surface area contributed by atoms with Crippen LogP contribution in [0, 0.1) is 6.92 Å². The molecule has 0 aliphatic rings. The summed E-state index contributed by atoms with van der Waals surface area (Å²) in [6.45, 7) is 1.45. The van der Waals surface area contributed by atoms with Crippen molar-refractivity contribution in [3.63, 3.8) is 0 Å². The zero-order valence-electron chi connectivity index (χ0n) is 14.4. The van der Waals surface area contributed by atoms with Gasteiger partial charge in [0.2, 0.25) is 0 Å². The van der Waals surface area contributed by atoms with E-state index in [1.54, 1.807) is 12.1 Å². The Hall–Kier alpha value is -2.81. The molecule has 3 rings (SSSR count). The van der Waals surface area contributed by atoms with Crippen molar-refractivity contribution >= 4 is 38.5 Å².